The molecular formula is C8H11NO2. The molecule has 0 spiro atoms. The summed E-state index contributed by atoms with van der Waals surface area (Å²) >= 11 is 0. The van der Waals surface area contributed by atoms with Crippen LogP contribution in [0.15, 0.2) is 24.5 Å². The lowest BCUT2D eigenvalue weighted by Gasteiger charge is -1.98. The molecule has 3 heteroatoms. The maximum Gasteiger partial charge on any atom is 0.180 e. The summed E-state index contributed by atoms with van der Waals surface area (Å²) in [4.78, 5) is 0. The Balaban J connectivity index is 2.52. The molecular weight excluding hydrogens is 142 g/mol. The Morgan fingerprint density at radius 3 is 2.55 bits per heavy atom. The van der Waals surface area contributed by atoms with Gasteiger partial charge in [-0.1, -0.05) is 0 Å². The van der Waals surface area contributed by atoms with Crippen LogP contribution in [0.25, 0.3) is 0 Å². The second-order valence-corrected chi connectivity index (χ2v) is 2.39. The Morgan fingerprint density at radius 1 is 1.36 bits per heavy atom. The topological polar surface area (TPSA) is 47.2 Å². The lowest BCUT2D eigenvalue weighted by atomic mass is 10.1. The zero-order chi connectivity index (χ0) is 8.10. The SMILES string of the molecule is [O-][n+]1ccc(CCCO)cc1. The van der Waals surface area contributed by atoms with Crippen molar-refractivity contribution in [1.29, 1.82) is 0 Å². The smallest absolute Gasteiger partial charge is 0.180 e. The van der Waals surface area contributed by atoms with E-state index in [2.05, 4.69) is 0 Å². The van der Waals surface area contributed by atoms with Crippen LogP contribution >= 0.6 is 0 Å². The number of hydrogen-bond acceptors (Lipinski definition) is 2. The van der Waals surface area contributed by atoms with Crippen molar-refractivity contribution in [3.63, 3.8) is 0 Å². The van der Waals surface area contributed by atoms with Crippen LogP contribution in [0.1, 0.15) is 12.0 Å². The average molecular weight is 153 g/mol. The summed E-state index contributed by atoms with van der Waals surface area (Å²) in [6.45, 7) is 0.201. The van der Waals surface area contributed by atoms with Crippen LogP contribution in [0.5, 0.6) is 0 Å². The minimum absolute atomic E-state index is 0.201. The summed E-state index contributed by atoms with van der Waals surface area (Å²) in [6, 6.07) is 3.53. The first-order valence-electron chi connectivity index (χ1n) is 3.61. The van der Waals surface area contributed by atoms with E-state index < -0.39 is 0 Å². The van der Waals surface area contributed by atoms with Gasteiger partial charge in [0.15, 0.2) is 12.4 Å². The molecule has 0 bridgehead atoms. The standard InChI is InChI=1S/C8H11NO2/c10-7-1-2-8-3-5-9(11)6-4-8/h3-6,10H,1-2,7H2. The van der Waals surface area contributed by atoms with E-state index in [9.17, 15) is 5.21 Å². The molecule has 11 heavy (non-hydrogen) atoms. The number of rotatable bonds is 3. The third-order valence-electron chi connectivity index (χ3n) is 1.49. The van der Waals surface area contributed by atoms with Crippen molar-refractivity contribution in [2.45, 2.75) is 12.8 Å². The number of pyridine rings is 1. The number of nitrogens with zero attached hydrogens (tertiary/aromatic N) is 1. The molecule has 0 amide bonds. The highest BCUT2D eigenvalue weighted by Gasteiger charge is 1.93. The first-order valence-corrected chi connectivity index (χ1v) is 3.61. The number of aliphatic hydroxyl groups is 1. The molecule has 0 atom stereocenters. The van der Waals surface area contributed by atoms with Crippen molar-refractivity contribution in [3.05, 3.63) is 35.3 Å². The maximum atomic E-state index is 10.6. The van der Waals surface area contributed by atoms with Crippen LogP contribution in [0.4, 0.5) is 0 Å². The first kappa shape index (κ1) is 8.01. The van der Waals surface area contributed by atoms with Crippen LogP contribution in [0.2, 0.25) is 0 Å². The van der Waals surface area contributed by atoms with E-state index in [-0.39, 0.29) is 6.61 Å². The number of aromatic nitrogens is 1. The monoisotopic (exact) mass is 153 g/mol. The molecule has 0 aliphatic heterocycles. The maximum absolute atomic E-state index is 10.6. The molecule has 1 rings (SSSR count). The van der Waals surface area contributed by atoms with E-state index in [0.717, 1.165) is 23.1 Å². The molecule has 0 unspecified atom stereocenters. The van der Waals surface area contributed by atoms with Gasteiger partial charge in [-0.05, 0) is 18.4 Å². The molecule has 0 radical (unpaired) electrons. The molecule has 0 aromatic carbocycles. The van der Waals surface area contributed by atoms with Gasteiger partial charge < -0.3 is 10.3 Å². The van der Waals surface area contributed by atoms with E-state index in [0.29, 0.717) is 0 Å². The highest BCUT2D eigenvalue weighted by atomic mass is 16.5. The third-order valence-corrected chi connectivity index (χ3v) is 1.49. The quantitative estimate of drug-likeness (QED) is 0.499. The molecule has 3 nitrogen and oxygen atoms in total. The van der Waals surface area contributed by atoms with Crippen LogP contribution in [0, 0.1) is 5.21 Å². The Bertz CT molecular complexity index is 208. The molecule has 0 aliphatic rings. The Labute approximate surface area is 65.5 Å². The molecule has 0 saturated heterocycles. The molecule has 60 valence electrons. The largest absolute Gasteiger partial charge is 0.619 e. The third kappa shape index (κ3) is 2.55. The van der Waals surface area contributed by atoms with E-state index >= 15 is 0 Å². The van der Waals surface area contributed by atoms with Gasteiger partial charge in [0, 0.05) is 18.7 Å². The van der Waals surface area contributed by atoms with Crippen molar-refractivity contribution in [1.82, 2.24) is 0 Å². The van der Waals surface area contributed by atoms with Crippen LogP contribution in [0.3, 0.4) is 0 Å². The molecule has 0 saturated carbocycles. The zero-order valence-electron chi connectivity index (χ0n) is 6.23. The molecule has 1 N–H and O–H groups in total. The van der Waals surface area contributed by atoms with Gasteiger partial charge in [-0.15, -0.1) is 0 Å². The van der Waals surface area contributed by atoms with E-state index in [1.807, 2.05) is 0 Å². The van der Waals surface area contributed by atoms with Crippen LogP contribution < -0.4 is 4.73 Å². The molecule has 1 aromatic heterocycles. The number of aryl methyl sites for hydroxylation is 1. The molecule has 0 fully saturated rings. The van der Waals surface area contributed by atoms with Gasteiger partial charge in [-0.25, -0.2) is 0 Å². The first-order chi connectivity index (χ1) is 5.33. The van der Waals surface area contributed by atoms with Gasteiger partial charge in [0.25, 0.3) is 0 Å². The Hall–Kier alpha value is -1.09. The van der Waals surface area contributed by atoms with Gasteiger partial charge in [0.05, 0.1) is 0 Å². The summed E-state index contributed by atoms with van der Waals surface area (Å²) in [7, 11) is 0. The molecule has 1 heterocycles. The minimum atomic E-state index is 0.201. The number of aliphatic hydroxyl groups excluding tert-OH is 1. The second-order valence-electron chi connectivity index (χ2n) is 2.39. The van der Waals surface area contributed by atoms with Gasteiger partial charge in [-0.3, -0.25) is 0 Å². The summed E-state index contributed by atoms with van der Waals surface area (Å²) < 4.78 is 0.752. The molecule has 0 aliphatic carbocycles. The fraction of sp³-hybridized carbons (Fsp3) is 0.375. The van der Waals surface area contributed by atoms with Crippen molar-refractivity contribution >= 4 is 0 Å². The fourth-order valence-corrected chi connectivity index (χ4v) is 0.893. The van der Waals surface area contributed by atoms with Gasteiger partial charge >= 0.3 is 0 Å². The van der Waals surface area contributed by atoms with Gasteiger partial charge in [-0.2, -0.15) is 4.73 Å². The Kier molecular flexibility index (Phi) is 2.86. The van der Waals surface area contributed by atoms with E-state index in [1.165, 1.54) is 12.4 Å². The number of hydrogen-bond donors (Lipinski definition) is 1. The Morgan fingerprint density at radius 2 is 2.00 bits per heavy atom. The van der Waals surface area contributed by atoms with Crippen molar-refractivity contribution in [2.75, 3.05) is 6.61 Å². The van der Waals surface area contributed by atoms with Crippen LogP contribution in [-0.2, 0) is 6.42 Å². The van der Waals surface area contributed by atoms with Crippen molar-refractivity contribution < 1.29 is 9.84 Å². The normalized spacial score (nSPS) is 9.91. The van der Waals surface area contributed by atoms with Crippen molar-refractivity contribution in [2.24, 2.45) is 0 Å². The predicted molar refractivity (Wildman–Crippen MR) is 40.8 cm³/mol. The summed E-state index contributed by atoms with van der Waals surface area (Å²) in [6.07, 6.45) is 4.51. The fourth-order valence-electron chi connectivity index (χ4n) is 0.893. The van der Waals surface area contributed by atoms with E-state index in [1.54, 1.807) is 12.1 Å². The van der Waals surface area contributed by atoms with Crippen LogP contribution in [-0.4, -0.2) is 11.7 Å². The van der Waals surface area contributed by atoms with Gasteiger partial charge in [0.1, 0.15) is 0 Å². The minimum Gasteiger partial charge on any atom is -0.619 e. The highest BCUT2D eigenvalue weighted by Crippen LogP contribution is 1.98. The lowest BCUT2D eigenvalue weighted by molar-refractivity contribution is -0.605. The zero-order valence-corrected chi connectivity index (χ0v) is 6.23. The van der Waals surface area contributed by atoms with E-state index in [4.69, 9.17) is 5.11 Å². The van der Waals surface area contributed by atoms with Crippen molar-refractivity contribution in [3.8, 4) is 0 Å². The van der Waals surface area contributed by atoms with Gasteiger partial charge in [0.2, 0.25) is 0 Å². The summed E-state index contributed by atoms with van der Waals surface area (Å²) in [5, 5.41) is 19.1. The summed E-state index contributed by atoms with van der Waals surface area (Å²) in [5.41, 5.74) is 1.09. The molecule has 1 aromatic rings. The lowest BCUT2D eigenvalue weighted by Crippen LogP contribution is -2.23. The second kappa shape index (κ2) is 3.93. The average Bonchev–Trinajstić information content (AvgIpc) is 2.04. The predicted octanol–water partition coefficient (Wildman–Crippen LogP) is 0.245. The summed E-state index contributed by atoms with van der Waals surface area (Å²) in [5.74, 6) is 0. The highest BCUT2D eigenvalue weighted by molar-refractivity contribution is 5.07.